The fourth-order valence-corrected chi connectivity index (χ4v) is 4.76. The summed E-state index contributed by atoms with van der Waals surface area (Å²) in [6.45, 7) is 4.37. The quantitative estimate of drug-likeness (QED) is 0.670. The van der Waals surface area contributed by atoms with Gasteiger partial charge in [-0.15, -0.1) is 0 Å². The van der Waals surface area contributed by atoms with Crippen LogP contribution in [0.3, 0.4) is 0 Å². The number of hydrogen-bond acceptors (Lipinski definition) is 5. The molecular weight excluding hydrogens is 342 g/mol. The summed E-state index contributed by atoms with van der Waals surface area (Å²) in [5, 5.41) is 14.3. The van der Waals surface area contributed by atoms with Crippen LogP contribution in [0.1, 0.15) is 18.1 Å². The van der Waals surface area contributed by atoms with Gasteiger partial charge in [0.25, 0.3) is 15.7 Å². The molecule has 0 aliphatic carbocycles. The normalized spacial score (nSPS) is 17.7. The summed E-state index contributed by atoms with van der Waals surface area (Å²) in [4.78, 5) is 10.4. The Hall–Kier alpha value is -2.45. The third kappa shape index (κ3) is 3.22. The van der Waals surface area contributed by atoms with Crippen molar-refractivity contribution in [1.82, 2.24) is 5.32 Å². The standard InChI is InChI=1S/C17H19N3O4S/c1-12-7-8-15(20(21)22)9-17(12)25(23,24)19-11-13(2)18-10-14-5-3-4-6-16(14)19/h3-9,13,18H,10-11H2,1-2H3. The molecule has 0 radical (unpaired) electrons. The number of hydrogen-bond donors (Lipinski definition) is 1. The third-order valence-corrected chi connectivity index (χ3v) is 6.21. The summed E-state index contributed by atoms with van der Waals surface area (Å²) in [6.07, 6.45) is 0. The largest absolute Gasteiger partial charge is 0.308 e. The molecule has 0 spiro atoms. The highest BCUT2D eigenvalue weighted by Crippen LogP contribution is 2.31. The van der Waals surface area contributed by atoms with Gasteiger partial charge >= 0.3 is 0 Å². The van der Waals surface area contributed by atoms with Crippen LogP contribution >= 0.6 is 0 Å². The van der Waals surface area contributed by atoms with Crippen LogP contribution in [0.5, 0.6) is 0 Å². The molecule has 1 atom stereocenters. The van der Waals surface area contributed by atoms with Crippen LogP contribution in [0.2, 0.25) is 0 Å². The first-order valence-corrected chi connectivity index (χ1v) is 9.34. The average Bonchev–Trinajstić information content (AvgIpc) is 2.75. The molecule has 2 aromatic rings. The van der Waals surface area contributed by atoms with Gasteiger partial charge in [-0.1, -0.05) is 24.3 Å². The highest BCUT2D eigenvalue weighted by Gasteiger charge is 2.32. The van der Waals surface area contributed by atoms with Crippen LogP contribution in [-0.4, -0.2) is 25.9 Å². The monoisotopic (exact) mass is 361 g/mol. The molecular formula is C17H19N3O4S. The zero-order valence-electron chi connectivity index (χ0n) is 14.0. The molecule has 0 amide bonds. The summed E-state index contributed by atoms with van der Waals surface area (Å²) >= 11 is 0. The number of sulfonamides is 1. The van der Waals surface area contributed by atoms with E-state index < -0.39 is 14.9 Å². The van der Waals surface area contributed by atoms with Crippen molar-refractivity contribution < 1.29 is 13.3 Å². The number of rotatable bonds is 3. The molecule has 0 fully saturated rings. The van der Waals surface area contributed by atoms with Crippen molar-refractivity contribution >= 4 is 21.4 Å². The Morgan fingerprint density at radius 2 is 1.96 bits per heavy atom. The van der Waals surface area contributed by atoms with E-state index in [4.69, 9.17) is 0 Å². The molecule has 0 aromatic heterocycles. The van der Waals surface area contributed by atoms with Gasteiger partial charge in [-0.3, -0.25) is 14.4 Å². The Morgan fingerprint density at radius 1 is 1.24 bits per heavy atom. The van der Waals surface area contributed by atoms with Gasteiger partial charge in [-0.2, -0.15) is 0 Å². The summed E-state index contributed by atoms with van der Waals surface area (Å²) in [5.74, 6) is 0. The minimum absolute atomic E-state index is 0.0365. The molecule has 1 aliphatic heterocycles. The van der Waals surface area contributed by atoms with Crippen LogP contribution in [0.4, 0.5) is 11.4 Å². The van der Waals surface area contributed by atoms with Crippen molar-refractivity contribution in [1.29, 1.82) is 0 Å². The second-order valence-electron chi connectivity index (χ2n) is 6.15. The molecule has 8 heteroatoms. The van der Waals surface area contributed by atoms with Crippen molar-refractivity contribution in [3.05, 3.63) is 63.7 Å². The van der Waals surface area contributed by atoms with Crippen molar-refractivity contribution in [3.8, 4) is 0 Å². The number of benzene rings is 2. The number of anilines is 1. The topological polar surface area (TPSA) is 92.5 Å². The summed E-state index contributed by atoms with van der Waals surface area (Å²) in [5.41, 5.74) is 1.72. The number of nitrogens with zero attached hydrogens (tertiary/aromatic N) is 2. The Labute approximate surface area is 146 Å². The molecule has 0 saturated carbocycles. The molecule has 1 unspecified atom stereocenters. The van der Waals surface area contributed by atoms with E-state index >= 15 is 0 Å². The van der Waals surface area contributed by atoms with E-state index in [1.165, 1.54) is 16.4 Å². The molecule has 132 valence electrons. The Balaban J connectivity index is 2.17. The van der Waals surface area contributed by atoms with Crippen LogP contribution in [0.15, 0.2) is 47.4 Å². The Morgan fingerprint density at radius 3 is 2.68 bits per heavy atom. The predicted molar refractivity (Wildman–Crippen MR) is 95.1 cm³/mol. The fourth-order valence-electron chi connectivity index (χ4n) is 2.93. The fraction of sp³-hybridized carbons (Fsp3) is 0.294. The molecule has 0 saturated heterocycles. The first kappa shape index (κ1) is 17.4. The molecule has 1 heterocycles. The maximum Gasteiger partial charge on any atom is 0.270 e. The van der Waals surface area contributed by atoms with E-state index in [-0.39, 0.29) is 23.2 Å². The van der Waals surface area contributed by atoms with Crippen LogP contribution in [-0.2, 0) is 16.6 Å². The van der Waals surface area contributed by atoms with Crippen LogP contribution in [0, 0.1) is 17.0 Å². The number of nitro groups is 1. The zero-order valence-corrected chi connectivity index (χ0v) is 14.8. The molecule has 25 heavy (non-hydrogen) atoms. The van der Waals surface area contributed by atoms with Gasteiger partial charge in [0, 0.05) is 31.3 Å². The van der Waals surface area contributed by atoms with Gasteiger partial charge < -0.3 is 5.32 Å². The number of nitro benzene ring substituents is 1. The molecule has 0 bridgehead atoms. The predicted octanol–water partition coefficient (Wildman–Crippen LogP) is 2.59. The van der Waals surface area contributed by atoms with Gasteiger partial charge in [0.15, 0.2) is 0 Å². The second kappa shape index (κ2) is 6.45. The highest BCUT2D eigenvalue weighted by atomic mass is 32.2. The number of aryl methyl sites for hydroxylation is 1. The van der Waals surface area contributed by atoms with E-state index in [1.54, 1.807) is 19.1 Å². The Bertz CT molecular complexity index is 927. The van der Waals surface area contributed by atoms with Crippen LogP contribution < -0.4 is 9.62 Å². The summed E-state index contributed by atoms with van der Waals surface area (Å²) < 4.78 is 28.0. The highest BCUT2D eigenvalue weighted by molar-refractivity contribution is 7.92. The van der Waals surface area contributed by atoms with Gasteiger partial charge in [0.1, 0.15) is 0 Å². The lowest BCUT2D eigenvalue weighted by Gasteiger charge is -2.26. The third-order valence-electron chi connectivity index (χ3n) is 4.29. The minimum atomic E-state index is -3.93. The van der Waals surface area contributed by atoms with E-state index in [1.807, 2.05) is 19.1 Å². The van der Waals surface area contributed by atoms with E-state index in [0.29, 0.717) is 17.8 Å². The lowest BCUT2D eigenvalue weighted by atomic mass is 10.2. The van der Waals surface area contributed by atoms with E-state index in [0.717, 1.165) is 11.6 Å². The average molecular weight is 361 g/mol. The first-order valence-electron chi connectivity index (χ1n) is 7.90. The summed E-state index contributed by atoms with van der Waals surface area (Å²) in [6, 6.07) is 11.2. The lowest BCUT2D eigenvalue weighted by molar-refractivity contribution is -0.385. The molecule has 3 rings (SSSR count). The van der Waals surface area contributed by atoms with Gasteiger partial charge in [0.05, 0.1) is 15.5 Å². The van der Waals surface area contributed by atoms with Gasteiger partial charge in [-0.25, -0.2) is 8.42 Å². The van der Waals surface area contributed by atoms with Crippen molar-refractivity contribution in [2.24, 2.45) is 0 Å². The maximum absolute atomic E-state index is 13.3. The molecule has 2 aromatic carbocycles. The number of non-ortho nitro benzene ring substituents is 1. The van der Waals surface area contributed by atoms with Crippen molar-refractivity contribution in [2.45, 2.75) is 31.3 Å². The molecule has 1 N–H and O–H groups in total. The van der Waals surface area contributed by atoms with E-state index in [2.05, 4.69) is 5.32 Å². The van der Waals surface area contributed by atoms with Gasteiger partial charge in [-0.05, 0) is 31.0 Å². The van der Waals surface area contributed by atoms with E-state index in [9.17, 15) is 18.5 Å². The Kier molecular flexibility index (Phi) is 4.49. The minimum Gasteiger partial charge on any atom is -0.308 e. The van der Waals surface area contributed by atoms with Crippen molar-refractivity contribution in [3.63, 3.8) is 0 Å². The number of fused-ring (bicyclic) bond motifs is 1. The smallest absolute Gasteiger partial charge is 0.270 e. The number of nitrogens with one attached hydrogen (secondary N) is 1. The summed E-state index contributed by atoms with van der Waals surface area (Å²) in [7, 11) is -3.93. The maximum atomic E-state index is 13.3. The first-order chi connectivity index (χ1) is 11.8. The number of para-hydroxylation sites is 1. The van der Waals surface area contributed by atoms with Gasteiger partial charge in [0.2, 0.25) is 0 Å². The lowest BCUT2D eigenvalue weighted by Crippen LogP contribution is -2.39. The SMILES string of the molecule is Cc1ccc([N+](=O)[O-])cc1S(=O)(=O)N1CC(C)NCc2ccccc21. The van der Waals surface area contributed by atoms with Crippen molar-refractivity contribution in [2.75, 3.05) is 10.8 Å². The molecule has 1 aliphatic rings. The second-order valence-corrected chi connectivity index (χ2v) is 7.98. The zero-order chi connectivity index (χ0) is 18.2. The van der Waals surface area contributed by atoms with Crippen LogP contribution in [0.25, 0.3) is 0 Å². The molecule has 7 nitrogen and oxygen atoms in total.